The Morgan fingerprint density at radius 2 is 2.00 bits per heavy atom. The number of nitrogens with zero attached hydrogens (tertiary/aromatic N) is 4. The summed E-state index contributed by atoms with van der Waals surface area (Å²) in [4.78, 5) is 17.2. The van der Waals surface area contributed by atoms with E-state index in [0.717, 1.165) is 10.3 Å². The first-order valence-corrected chi connectivity index (χ1v) is 8.53. The fourth-order valence-electron chi connectivity index (χ4n) is 2.67. The van der Waals surface area contributed by atoms with Gasteiger partial charge in [0, 0.05) is 36.5 Å². The van der Waals surface area contributed by atoms with Crippen LogP contribution in [-0.2, 0) is 13.1 Å². The Kier molecular flexibility index (Phi) is 5.14. The van der Waals surface area contributed by atoms with Gasteiger partial charge in [-0.3, -0.25) is 10.1 Å². The third-order valence-corrected chi connectivity index (χ3v) is 4.41. The van der Waals surface area contributed by atoms with Crippen LogP contribution in [0.2, 0.25) is 0 Å². The van der Waals surface area contributed by atoms with Gasteiger partial charge in [-0.1, -0.05) is 46.3 Å². The van der Waals surface area contributed by atoms with Crippen LogP contribution in [0.25, 0.3) is 0 Å². The summed E-state index contributed by atoms with van der Waals surface area (Å²) >= 11 is 3.38. The van der Waals surface area contributed by atoms with Gasteiger partial charge in [-0.15, -0.1) is 0 Å². The Morgan fingerprint density at radius 3 is 2.72 bits per heavy atom. The second-order valence-corrected chi connectivity index (χ2v) is 6.62. The first-order chi connectivity index (χ1) is 12.0. The molecule has 25 heavy (non-hydrogen) atoms. The Bertz CT molecular complexity index is 880. The molecule has 2 aromatic carbocycles. The lowest BCUT2D eigenvalue weighted by Gasteiger charge is -2.20. The molecule has 128 valence electrons. The molecule has 6 nitrogen and oxygen atoms in total. The predicted octanol–water partition coefficient (Wildman–Crippen LogP) is 4.24. The van der Waals surface area contributed by atoms with Crippen LogP contribution in [0.1, 0.15) is 11.4 Å². The van der Waals surface area contributed by atoms with Crippen molar-refractivity contribution in [1.29, 1.82) is 0 Å². The Balaban J connectivity index is 1.83. The van der Waals surface area contributed by atoms with Crippen molar-refractivity contribution in [1.82, 2.24) is 9.55 Å². The lowest BCUT2D eigenvalue weighted by atomic mass is 10.2. The number of imidazole rings is 1. The van der Waals surface area contributed by atoms with E-state index in [0.29, 0.717) is 18.8 Å². The van der Waals surface area contributed by atoms with Crippen molar-refractivity contribution >= 4 is 27.3 Å². The largest absolute Gasteiger partial charge is 0.362 e. The number of halogens is 1. The van der Waals surface area contributed by atoms with E-state index in [1.54, 1.807) is 18.3 Å². The number of aromatic nitrogens is 2. The van der Waals surface area contributed by atoms with Crippen LogP contribution in [0.5, 0.6) is 0 Å². The highest BCUT2D eigenvalue weighted by Crippen LogP contribution is 2.31. The summed E-state index contributed by atoms with van der Waals surface area (Å²) in [5, 5.41) is 11.3. The second kappa shape index (κ2) is 7.48. The molecule has 0 amide bonds. The maximum Gasteiger partial charge on any atom is 0.292 e. The summed E-state index contributed by atoms with van der Waals surface area (Å²) in [6, 6.07) is 15.0. The molecule has 0 N–H and O–H groups in total. The molecule has 7 heteroatoms. The Labute approximate surface area is 154 Å². The highest BCUT2D eigenvalue weighted by molar-refractivity contribution is 9.10. The van der Waals surface area contributed by atoms with Gasteiger partial charge in [-0.25, -0.2) is 4.98 Å². The van der Waals surface area contributed by atoms with E-state index < -0.39 is 0 Å². The third-order valence-electron chi connectivity index (χ3n) is 3.92. The summed E-state index contributed by atoms with van der Waals surface area (Å²) in [5.41, 5.74) is 1.80. The van der Waals surface area contributed by atoms with Gasteiger partial charge >= 0.3 is 0 Å². The van der Waals surface area contributed by atoms with Gasteiger partial charge in [0.05, 0.1) is 11.5 Å². The maximum atomic E-state index is 11.3. The summed E-state index contributed by atoms with van der Waals surface area (Å²) in [5.74, 6) is 0.848. The van der Waals surface area contributed by atoms with Gasteiger partial charge in [0.2, 0.25) is 0 Å². The lowest BCUT2D eigenvalue weighted by Crippen LogP contribution is -2.21. The van der Waals surface area contributed by atoms with Crippen LogP contribution < -0.4 is 4.90 Å². The van der Waals surface area contributed by atoms with Gasteiger partial charge < -0.3 is 9.47 Å². The first-order valence-electron chi connectivity index (χ1n) is 7.73. The van der Waals surface area contributed by atoms with E-state index in [1.165, 1.54) is 11.6 Å². The van der Waals surface area contributed by atoms with Crippen LogP contribution in [0.15, 0.2) is 65.4 Å². The number of nitro benzene ring substituents is 1. The topological polar surface area (TPSA) is 64.2 Å². The summed E-state index contributed by atoms with van der Waals surface area (Å²) in [6.45, 7) is 1.18. The standard InChI is InChI=1S/C18H17BrN4O2/c1-21(17-11-15(19)7-8-16(17)23(24)25)13-18-20-9-10-22(18)12-14-5-3-2-4-6-14/h2-11H,12-13H2,1H3. The van der Waals surface area contributed by atoms with Crippen LogP contribution in [0.4, 0.5) is 11.4 Å². The molecule has 0 aliphatic carbocycles. The van der Waals surface area contributed by atoms with E-state index in [4.69, 9.17) is 0 Å². The van der Waals surface area contributed by atoms with E-state index in [9.17, 15) is 10.1 Å². The Morgan fingerprint density at radius 1 is 1.24 bits per heavy atom. The molecule has 0 unspecified atom stereocenters. The SMILES string of the molecule is CN(Cc1nccn1Cc1ccccc1)c1cc(Br)ccc1[N+](=O)[O-]. The molecule has 0 fully saturated rings. The van der Waals surface area contributed by atoms with Gasteiger partial charge in [0.25, 0.3) is 5.69 Å². The minimum Gasteiger partial charge on any atom is -0.362 e. The third kappa shape index (κ3) is 4.06. The molecule has 0 bridgehead atoms. The van der Waals surface area contributed by atoms with Gasteiger partial charge in [-0.05, 0) is 17.7 Å². The summed E-state index contributed by atoms with van der Waals surface area (Å²) in [7, 11) is 1.83. The molecular weight excluding hydrogens is 384 g/mol. The van der Waals surface area contributed by atoms with Crippen LogP contribution in [0.3, 0.4) is 0 Å². The predicted molar refractivity (Wildman–Crippen MR) is 101 cm³/mol. The molecule has 0 saturated heterocycles. The maximum absolute atomic E-state index is 11.3. The molecule has 0 spiro atoms. The van der Waals surface area contributed by atoms with Gasteiger partial charge in [0.15, 0.2) is 0 Å². The zero-order valence-electron chi connectivity index (χ0n) is 13.7. The first kappa shape index (κ1) is 17.2. The lowest BCUT2D eigenvalue weighted by molar-refractivity contribution is -0.384. The number of hydrogen-bond donors (Lipinski definition) is 0. The molecule has 3 aromatic rings. The second-order valence-electron chi connectivity index (χ2n) is 5.70. The minimum absolute atomic E-state index is 0.0758. The number of benzene rings is 2. The molecule has 0 aliphatic heterocycles. The van der Waals surface area contributed by atoms with Crippen molar-refractivity contribution in [2.45, 2.75) is 13.1 Å². The average molecular weight is 401 g/mol. The molecule has 0 atom stereocenters. The van der Waals surface area contributed by atoms with Gasteiger partial charge in [-0.2, -0.15) is 0 Å². The van der Waals surface area contributed by atoms with E-state index >= 15 is 0 Å². The van der Waals surface area contributed by atoms with Crippen LogP contribution >= 0.6 is 15.9 Å². The summed E-state index contributed by atoms with van der Waals surface area (Å²) in [6.07, 6.45) is 3.67. The van der Waals surface area contributed by atoms with Crippen molar-refractivity contribution in [3.05, 3.63) is 86.9 Å². The molecule has 0 radical (unpaired) electrons. The van der Waals surface area contributed by atoms with E-state index in [2.05, 4.69) is 37.6 Å². The molecule has 0 saturated carbocycles. The zero-order chi connectivity index (χ0) is 17.8. The van der Waals surface area contributed by atoms with Crippen molar-refractivity contribution in [2.24, 2.45) is 0 Å². The molecule has 0 aliphatic rings. The molecule has 3 rings (SSSR count). The fraction of sp³-hybridized carbons (Fsp3) is 0.167. The average Bonchev–Trinajstić information content (AvgIpc) is 3.02. The van der Waals surface area contributed by atoms with E-state index in [1.807, 2.05) is 36.3 Å². The number of nitro groups is 1. The van der Waals surface area contributed by atoms with Crippen molar-refractivity contribution < 1.29 is 4.92 Å². The van der Waals surface area contributed by atoms with Crippen LogP contribution in [0, 0.1) is 10.1 Å². The fourth-order valence-corrected chi connectivity index (χ4v) is 3.02. The highest BCUT2D eigenvalue weighted by atomic mass is 79.9. The van der Waals surface area contributed by atoms with E-state index in [-0.39, 0.29) is 10.6 Å². The molecule has 1 heterocycles. The Hall–Kier alpha value is -2.67. The van der Waals surface area contributed by atoms with Crippen molar-refractivity contribution in [2.75, 3.05) is 11.9 Å². The van der Waals surface area contributed by atoms with Gasteiger partial charge in [0.1, 0.15) is 11.5 Å². The number of rotatable bonds is 6. The quantitative estimate of drug-likeness (QED) is 0.458. The number of hydrogen-bond acceptors (Lipinski definition) is 4. The van der Waals surface area contributed by atoms with Crippen molar-refractivity contribution in [3.63, 3.8) is 0 Å². The number of anilines is 1. The highest BCUT2D eigenvalue weighted by Gasteiger charge is 2.18. The molecule has 1 aromatic heterocycles. The monoisotopic (exact) mass is 400 g/mol. The van der Waals surface area contributed by atoms with Crippen molar-refractivity contribution in [3.8, 4) is 0 Å². The summed E-state index contributed by atoms with van der Waals surface area (Å²) < 4.78 is 2.85. The van der Waals surface area contributed by atoms with Crippen LogP contribution in [-0.4, -0.2) is 21.5 Å². The minimum atomic E-state index is -0.366. The molecular formula is C18H17BrN4O2. The normalized spacial score (nSPS) is 10.6. The zero-order valence-corrected chi connectivity index (χ0v) is 15.3. The smallest absolute Gasteiger partial charge is 0.292 e.